The van der Waals surface area contributed by atoms with Crippen molar-refractivity contribution in [2.75, 3.05) is 13.7 Å². The van der Waals surface area contributed by atoms with Gasteiger partial charge in [-0.15, -0.1) is 10.2 Å². The summed E-state index contributed by atoms with van der Waals surface area (Å²) in [5.41, 5.74) is 0.503. The molecule has 0 spiro atoms. The van der Waals surface area contributed by atoms with E-state index in [-0.39, 0.29) is 12.3 Å². The van der Waals surface area contributed by atoms with Crippen LogP contribution < -0.4 is 20.1 Å². The molecule has 2 N–H and O–H groups in total. The maximum absolute atomic E-state index is 12.7. The largest absolute Gasteiger partial charge is 0.497 e. The molecule has 2 heterocycles. The maximum Gasteiger partial charge on any atom is 0.387 e. The van der Waals surface area contributed by atoms with Crippen molar-refractivity contribution in [1.82, 2.24) is 25.4 Å². The summed E-state index contributed by atoms with van der Waals surface area (Å²) in [4.78, 5) is 4.51. The van der Waals surface area contributed by atoms with Crippen LogP contribution in [0.4, 0.5) is 8.78 Å². The van der Waals surface area contributed by atoms with Crippen LogP contribution in [0.5, 0.6) is 11.5 Å². The molecule has 0 saturated carbocycles. The van der Waals surface area contributed by atoms with E-state index >= 15 is 0 Å². The second-order valence-corrected chi connectivity index (χ2v) is 6.90. The van der Waals surface area contributed by atoms with Crippen LogP contribution in [0, 0.1) is 0 Å². The van der Waals surface area contributed by atoms with E-state index in [1.54, 1.807) is 12.1 Å². The molecular formula is C20H28F2N6O2. The number of nitrogens with zero attached hydrogens (tertiary/aromatic N) is 4. The van der Waals surface area contributed by atoms with E-state index in [0.29, 0.717) is 30.4 Å². The Morgan fingerprint density at radius 3 is 2.87 bits per heavy atom. The number of hydrogen-bond acceptors (Lipinski definition) is 5. The van der Waals surface area contributed by atoms with Crippen molar-refractivity contribution in [2.45, 2.75) is 58.9 Å². The number of benzene rings is 1. The van der Waals surface area contributed by atoms with Gasteiger partial charge in [-0.25, -0.2) is 4.99 Å². The Balaban J connectivity index is 1.71. The van der Waals surface area contributed by atoms with Crippen LogP contribution in [0.15, 0.2) is 23.2 Å². The average molecular weight is 422 g/mol. The highest BCUT2D eigenvalue weighted by molar-refractivity contribution is 5.79. The number of aromatic nitrogens is 3. The summed E-state index contributed by atoms with van der Waals surface area (Å²) in [5.74, 6) is 3.06. The van der Waals surface area contributed by atoms with E-state index in [4.69, 9.17) is 4.74 Å². The molecule has 1 aliphatic heterocycles. The lowest BCUT2D eigenvalue weighted by Gasteiger charge is -2.14. The zero-order valence-corrected chi connectivity index (χ0v) is 17.3. The van der Waals surface area contributed by atoms with Gasteiger partial charge in [0.15, 0.2) is 11.8 Å². The molecule has 1 aromatic carbocycles. The van der Waals surface area contributed by atoms with Crippen molar-refractivity contribution in [1.29, 1.82) is 0 Å². The van der Waals surface area contributed by atoms with Gasteiger partial charge in [0.05, 0.1) is 20.2 Å². The summed E-state index contributed by atoms with van der Waals surface area (Å²) in [6.07, 6.45) is 4.40. The second kappa shape index (κ2) is 10.7. The lowest BCUT2D eigenvalue weighted by molar-refractivity contribution is -0.0504. The van der Waals surface area contributed by atoms with Gasteiger partial charge in [0, 0.05) is 25.1 Å². The molecule has 0 saturated heterocycles. The summed E-state index contributed by atoms with van der Waals surface area (Å²) < 4.78 is 37.4. The van der Waals surface area contributed by atoms with Crippen molar-refractivity contribution in [3.05, 3.63) is 35.4 Å². The van der Waals surface area contributed by atoms with Crippen LogP contribution in [0.25, 0.3) is 0 Å². The number of halogens is 2. The van der Waals surface area contributed by atoms with Crippen LogP contribution in [0.2, 0.25) is 0 Å². The number of aliphatic imine (C=N–C) groups is 1. The molecule has 3 rings (SSSR count). The molecule has 0 atom stereocenters. The fourth-order valence-corrected chi connectivity index (χ4v) is 3.36. The molecule has 30 heavy (non-hydrogen) atoms. The van der Waals surface area contributed by atoms with Crippen LogP contribution in [0.1, 0.15) is 43.4 Å². The third kappa shape index (κ3) is 5.80. The second-order valence-electron chi connectivity index (χ2n) is 6.90. The third-order valence-corrected chi connectivity index (χ3v) is 4.84. The average Bonchev–Trinajstić information content (AvgIpc) is 2.96. The number of methoxy groups -OCH3 is 1. The highest BCUT2D eigenvalue weighted by atomic mass is 19.3. The number of ether oxygens (including phenoxy) is 2. The van der Waals surface area contributed by atoms with Crippen molar-refractivity contribution in [2.24, 2.45) is 4.99 Å². The Labute approximate surface area is 174 Å². The number of alkyl halides is 2. The Hall–Kier alpha value is -2.91. The molecule has 0 fully saturated rings. The first kappa shape index (κ1) is 21.8. The highest BCUT2D eigenvalue weighted by Gasteiger charge is 2.15. The Morgan fingerprint density at radius 2 is 2.10 bits per heavy atom. The van der Waals surface area contributed by atoms with Gasteiger partial charge in [0.1, 0.15) is 17.3 Å². The van der Waals surface area contributed by atoms with E-state index in [0.717, 1.165) is 37.5 Å². The third-order valence-electron chi connectivity index (χ3n) is 4.84. The van der Waals surface area contributed by atoms with Gasteiger partial charge in [0.2, 0.25) is 0 Å². The number of nitrogens with one attached hydrogen (secondary N) is 2. The van der Waals surface area contributed by atoms with Crippen molar-refractivity contribution >= 4 is 5.96 Å². The quantitative estimate of drug-likeness (QED) is 0.503. The smallest absolute Gasteiger partial charge is 0.387 e. The Morgan fingerprint density at radius 1 is 1.23 bits per heavy atom. The summed E-state index contributed by atoms with van der Waals surface area (Å²) in [6, 6.07) is 4.68. The first-order valence-electron chi connectivity index (χ1n) is 10.2. The predicted molar refractivity (Wildman–Crippen MR) is 109 cm³/mol. The minimum absolute atomic E-state index is 0.0770. The molecule has 2 aromatic rings. The molecule has 0 bridgehead atoms. The van der Waals surface area contributed by atoms with Gasteiger partial charge in [-0.2, -0.15) is 8.78 Å². The van der Waals surface area contributed by atoms with Crippen LogP contribution in [-0.4, -0.2) is 41.0 Å². The summed E-state index contributed by atoms with van der Waals surface area (Å²) in [5, 5.41) is 15.0. The van der Waals surface area contributed by atoms with E-state index in [1.807, 2.05) is 6.92 Å². The lowest BCUT2D eigenvalue weighted by atomic mass is 10.2. The molecule has 10 heteroatoms. The first-order valence-corrected chi connectivity index (χ1v) is 10.2. The SMILES string of the molecule is CCNC(=NCc1cc(OC)ccc1OC(F)F)NCc1nnc2n1CCCCC2. The van der Waals surface area contributed by atoms with E-state index in [1.165, 1.54) is 19.6 Å². The Kier molecular flexibility index (Phi) is 7.81. The normalized spacial score (nSPS) is 14.2. The zero-order chi connectivity index (χ0) is 21.3. The fourth-order valence-electron chi connectivity index (χ4n) is 3.36. The molecule has 8 nitrogen and oxygen atoms in total. The standard InChI is InChI=1S/C20H28F2N6O2/c1-3-23-20(25-13-18-27-26-17-7-5-4-6-10-28(17)18)24-12-14-11-15(29-2)8-9-16(14)30-19(21)22/h8-9,11,19H,3-7,10,12-13H2,1-2H3,(H2,23,24,25). The fraction of sp³-hybridized carbons (Fsp3) is 0.550. The molecule has 1 aliphatic rings. The first-order chi connectivity index (χ1) is 14.6. The molecule has 0 radical (unpaired) electrons. The lowest BCUT2D eigenvalue weighted by Crippen LogP contribution is -2.37. The minimum Gasteiger partial charge on any atom is -0.497 e. The minimum atomic E-state index is -2.91. The molecule has 1 aromatic heterocycles. The number of aryl methyl sites for hydroxylation is 1. The van der Waals surface area contributed by atoms with Crippen molar-refractivity contribution < 1.29 is 18.3 Å². The summed E-state index contributed by atoms with van der Waals surface area (Å²) in [7, 11) is 1.52. The summed E-state index contributed by atoms with van der Waals surface area (Å²) in [6.45, 7) is 1.24. The van der Waals surface area contributed by atoms with E-state index < -0.39 is 6.61 Å². The van der Waals surface area contributed by atoms with E-state index in [9.17, 15) is 8.78 Å². The number of hydrogen-bond donors (Lipinski definition) is 2. The van der Waals surface area contributed by atoms with Crippen LogP contribution in [0.3, 0.4) is 0 Å². The van der Waals surface area contributed by atoms with Crippen LogP contribution in [-0.2, 0) is 26.1 Å². The number of guanidine groups is 1. The van der Waals surface area contributed by atoms with E-state index in [2.05, 4.69) is 35.1 Å². The van der Waals surface area contributed by atoms with Gasteiger partial charge < -0.3 is 24.7 Å². The molecule has 164 valence electrons. The Bertz CT molecular complexity index is 856. The molecule has 0 aliphatic carbocycles. The van der Waals surface area contributed by atoms with Gasteiger partial charge in [-0.1, -0.05) is 6.42 Å². The van der Waals surface area contributed by atoms with Gasteiger partial charge >= 0.3 is 6.61 Å². The number of rotatable bonds is 8. The highest BCUT2D eigenvalue weighted by Crippen LogP contribution is 2.26. The van der Waals surface area contributed by atoms with Gasteiger partial charge in [-0.05, 0) is 38.0 Å². The van der Waals surface area contributed by atoms with Crippen molar-refractivity contribution in [3.63, 3.8) is 0 Å². The van der Waals surface area contributed by atoms with Crippen LogP contribution >= 0.6 is 0 Å². The van der Waals surface area contributed by atoms with Gasteiger partial charge in [0.25, 0.3) is 0 Å². The topological polar surface area (TPSA) is 85.6 Å². The molecule has 0 amide bonds. The summed E-state index contributed by atoms with van der Waals surface area (Å²) >= 11 is 0. The monoisotopic (exact) mass is 422 g/mol. The molecular weight excluding hydrogens is 394 g/mol. The predicted octanol–water partition coefficient (Wildman–Crippen LogP) is 2.87. The molecule has 0 unspecified atom stereocenters. The van der Waals surface area contributed by atoms with Crippen molar-refractivity contribution in [3.8, 4) is 11.5 Å². The zero-order valence-electron chi connectivity index (χ0n) is 17.3. The van der Waals surface area contributed by atoms with Gasteiger partial charge in [-0.3, -0.25) is 0 Å². The maximum atomic E-state index is 12.7. The number of fused-ring (bicyclic) bond motifs is 1.